The maximum Gasteiger partial charge on any atom is 0.256 e. The van der Waals surface area contributed by atoms with Crippen LogP contribution in [0.25, 0.3) is 0 Å². The summed E-state index contributed by atoms with van der Waals surface area (Å²) in [6.07, 6.45) is 0.651. The largest absolute Gasteiger partial charge is 0.380 e. The Bertz CT molecular complexity index is 825. The van der Waals surface area contributed by atoms with E-state index in [4.69, 9.17) is 4.74 Å². The van der Waals surface area contributed by atoms with Crippen LogP contribution in [0.1, 0.15) is 32.7 Å². The van der Waals surface area contributed by atoms with E-state index in [0.717, 1.165) is 5.56 Å². The second-order valence-corrected chi connectivity index (χ2v) is 6.51. The summed E-state index contributed by atoms with van der Waals surface area (Å²) >= 11 is 0. The Morgan fingerprint density at radius 3 is 2.07 bits per heavy atom. The van der Waals surface area contributed by atoms with Crippen LogP contribution in [-0.4, -0.2) is 54.9 Å². The van der Waals surface area contributed by atoms with E-state index in [9.17, 15) is 14.0 Å². The number of ether oxygens (including phenoxy) is 1. The molecule has 142 valence electrons. The predicted octanol–water partition coefficient (Wildman–Crippen LogP) is 2.96. The fraction of sp³-hybridized carbons (Fsp3) is 0.333. The van der Waals surface area contributed by atoms with Crippen LogP contribution >= 0.6 is 0 Å². The van der Waals surface area contributed by atoms with E-state index in [1.807, 2.05) is 18.2 Å². The van der Waals surface area contributed by atoms with Crippen molar-refractivity contribution < 1.29 is 18.7 Å². The predicted molar refractivity (Wildman–Crippen MR) is 100.0 cm³/mol. The minimum absolute atomic E-state index is 0.0668. The fourth-order valence-corrected chi connectivity index (χ4v) is 3.31. The van der Waals surface area contributed by atoms with Crippen molar-refractivity contribution in [1.29, 1.82) is 0 Å². The fourth-order valence-electron chi connectivity index (χ4n) is 3.31. The van der Waals surface area contributed by atoms with Crippen LogP contribution < -0.4 is 0 Å². The van der Waals surface area contributed by atoms with Gasteiger partial charge in [-0.3, -0.25) is 9.59 Å². The van der Waals surface area contributed by atoms with Crippen molar-refractivity contribution >= 4 is 11.8 Å². The maximum atomic E-state index is 13.9. The third-order valence-electron chi connectivity index (χ3n) is 4.72. The molecule has 0 radical (unpaired) electrons. The van der Waals surface area contributed by atoms with Crippen LogP contribution in [-0.2, 0) is 11.3 Å². The van der Waals surface area contributed by atoms with Gasteiger partial charge in [0.15, 0.2) is 0 Å². The average Bonchev–Trinajstić information content (AvgIpc) is 2.94. The number of carbonyl (C=O) groups is 2. The lowest BCUT2D eigenvalue weighted by Crippen LogP contribution is -2.37. The van der Waals surface area contributed by atoms with Crippen molar-refractivity contribution in [3.63, 3.8) is 0 Å². The number of hydrogen-bond acceptors (Lipinski definition) is 3. The Hall–Kier alpha value is -2.73. The molecule has 1 aliphatic heterocycles. The summed E-state index contributed by atoms with van der Waals surface area (Å²) in [5.74, 6) is -0.918. The van der Waals surface area contributed by atoms with Gasteiger partial charge >= 0.3 is 0 Å². The number of benzene rings is 2. The molecule has 2 amide bonds. The molecule has 1 aliphatic rings. The molecule has 0 bridgehead atoms. The third-order valence-corrected chi connectivity index (χ3v) is 4.72. The highest BCUT2D eigenvalue weighted by atomic mass is 19.1. The highest BCUT2D eigenvalue weighted by Crippen LogP contribution is 2.16. The summed E-state index contributed by atoms with van der Waals surface area (Å²) < 4.78 is 19.1. The van der Waals surface area contributed by atoms with Gasteiger partial charge in [-0.2, -0.15) is 0 Å². The van der Waals surface area contributed by atoms with Crippen LogP contribution in [0.15, 0.2) is 48.5 Å². The second-order valence-electron chi connectivity index (χ2n) is 6.51. The van der Waals surface area contributed by atoms with Gasteiger partial charge in [-0.25, -0.2) is 4.39 Å². The zero-order valence-electron chi connectivity index (χ0n) is 15.4. The van der Waals surface area contributed by atoms with Crippen molar-refractivity contribution in [3.8, 4) is 0 Å². The number of hydrogen-bond donors (Lipinski definition) is 0. The lowest BCUT2D eigenvalue weighted by Gasteiger charge is -2.23. The van der Waals surface area contributed by atoms with Gasteiger partial charge in [0.2, 0.25) is 0 Å². The quantitative estimate of drug-likeness (QED) is 0.831. The molecular formula is C21H23FN2O3. The van der Waals surface area contributed by atoms with Gasteiger partial charge in [-0.15, -0.1) is 0 Å². The zero-order valence-corrected chi connectivity index (χ0v) is 15.4. The summed E-state index contributed by atoms with van der Waals surface area (Å²) in [5, 5.41) is 0. The van der Waals surface area contributed by atoms with E-state index < -0.39 is 5.82 Å². The van der Waals surface area contributed by atoms with Gasteiger partial charge < -0.3 is 14.5 Å². The highest BCUT2D eigenvalue weighted by molar-refractivity contribution is 5.96. The molecule has 0 atom stereocenters. The molecule has 27 heavy (non-hydrogen) atoms. The third kappa shape index (κ3) is 4.34. The standard InChI is InChI=1S/C21H23FN2O3/c1-27-15-16-7-2-3-8-17(16)20(25)23-11-6-12-24(14-13-23)21(26)18-9-4-5-10-19(18)22/h2-5,7-10H,6,11-15H2,1H3. The second kappa shape index (κ2) is 8.77. The summed E-state index contributed by atoms with van der Waals surface area (Å²) in [6, 6.07) is 13.4. The van der Waals surface area contributed by atoms with E-state index in [-0.39, 0.29) is 17.4 Å². The highest BCUT2D eigenvalue weighted by Gasteiger charge is 2.25. The number of halogens is 1. The molecule has 2 aromatic rings. The monoisotopic (exact) mass is 370 g/mol. The van der Waals surface area contributed by atoms with Crippen molar-refractivity contribution in [1.82, 2.24) is 9.80 Å². The van der Waals surface area contributed by atoms with Crippen LogP contribution in [0, 0.1) is 5.82 Å². The first-order chi connectivity index (χ1) is 13.1. The first-order valence-corrected chi connectivity index (χ1v) is 9.01. The maximum absolute atomic E-state index is 13.9. The van der Waals surface area contributed by atoms with Crippen molar-refractivity contribution in [3.05, 3.63) is 71.0 Å². The van der Waals surface area contributed by atoms with Gasteiger partial charge in [0, 0.05) is 38.9 Å². The van der Waals surface area contributed by atoms with E-state index in [1.54, 1.807) is 35.1 Å². The topological polar surface area (TPSA) is 49.9 Å². The zero-order chi connectivity index (χ0) is 19.2. The SMILES string of the molecule is COCc1ccccc1C(=O)N1CCCN(C(=O)c2ccccc2F)CC1. The number of amides is 2. The molecule has 0 spiro atoms. The van der Waals surface area contributed by atoms with Crippen molar-refractivity contribution in [2.75, 3.05) is 33.3 Å². The molecule has 2 aromatic carbocycles. The normalized spacial score (nSPS) is 14.7. The Kier molecular flexibility index (Phi) is 6.19. The number of methoxy groups -OCH3 is 1. The van der Waals surface area contributed by atoms with E-state index in [0.29, 0.717) is 44.8 Å². The Balaban J connectivity index is 1.71. The van der Waals surface area contributed by atoms with Gasteiger partial charge in [-0.1, -0.05) is 30.3 Å². The molecule has 3 rings (SSSR count). The van der Waals surface area contributed by atoms with Gasteiger partial charge in [-0.05, 0) is 30.2 Å². The van der Waals surface area contributed by atoms with Crippen LogP contribution in [0.4, 0.5) is 4.39 Å². The lowest BCUT2D eigenvalue weighted by molar-refractivity contribution is 0.0714. The van der Waals surface area contributed by atoms with Gasteiger partial charge in [0.05, 0.1) is 12.2 Å². The molecule has 0 N–H and O–H groups in total. The number of rotatable bonds is 4. The lowest BCUT2D eigenvalue weighted by atomic mass is 10.1. The summed E-state index contributed by atoms with van der Waals surface area (Å²) in [5.41, 5.74) is 1.53. The molecule has 5 nitrogen and oxygen atoms in total. The molecule has 6 heteroatoms. The van der Waals surface area contributed by atoms with Crippen molar-refractivity contribution in [2.45, 2.75) is 13.0 Å². The van der Waals surface area contributed by atoms with Crippen LogP contribution in [0.3, 0.4) is 0 Å². The minimum Gasteiger partial charge on any atom is -0.380 e. The smallest absolute Gasteiger partial charge is 0.256 e. The molecular weight excluding hydrogens is 347 g/mol. The number of nitrogens with zero attached hydrogens (tertiary/aromatic N) is 2. The Morgan fingerprint density at radius 1 is 0.889 bits per heavy atom. The average molecular weight is 370 g/mol. The van der Waals surface area contributed by atoms with Crippen LogP contribution in [0.2, 0.25) is 0 Å². The summed E-state index contributed by atoms with van der Waals surface area (Å²) in [7, 11) is 1.60. The molecule has 0 aromatic heterocycles. The molecule has 1 heterocycles. The molecule has 0 aliphatic carbocycles. The first-order valence-electron chi connectivity index (χ1n) is 9.01. The molecule has 1 fully saturated rings. The molecule has 0 unspecified atom stereocenters. The summed E-state index contributed by atoms with van der Waals surface area (Å²) in [6.45, 7) is 2.22. The van der Waals surface area contributed by atoms with Crippen molar-refractivity contribution in [2.24, 2.45) is 0 Å². The van der Waals surface area contributed by atoms with E-state index in [2.05, 4.69) is 0 Å². The number of carbonyl (C=O) groups excluding carboxylic acids is 2. The molecule has 1 saturated heterocycles. The Morgan fingerprint density at radius 2 is 1.44 bits per heavy atom. The Labute approximate surface area is 158 Å². The van der Waals surface area contributed by atoms with E-state index >= 15 is 0 Å². The first kappa shape index (κ1) is 19.0. The van der Waals surface area contributed by atoms with Gasteiger partial charge in [0.1, 0.15) is 5.82 Å². The molecule has 0 saturated carbocycles. The van der Waals surface area contributed by atoms with E-state index in [1.165, 1.54) is 12.1 Å². The van der Waals surface area contributed by atoms with Crippen LogP contribution in [0.5, 0.6) is 0 Å². The summed E-state index contributed by atoms with van der Waals surface area (Å²) in [4.78, 5) is 29.0. The minimum atomic E-state index is -0.520. The van der Waals surface area contributed by atoms with Gasteiger partial charge in [0.25, 0.3) is 11.8 Å².